The van der Waals surface area contributed by atoms with Gasteiger partial charge in [-0.15, -0.1) is 0 Å². The van der Waals surface area contributed by atoms with Crippen molar-refractivity contribution in [3.05, 3.63) is 0 Å². The second-order valence-electron chi connectivity index (χ2n) is 2.35. The van der Waals surface area contributed by atoms with Crippen molar-refractivity contribution in [2.45, 2.75) is 31.0 Å². The third kappa shape index (κ3) is 8.81. The van der Waals surface area contributed by atoms with Gasteiger partial charge in [-0.05, 0) is 0 Å². The van der Waals surface area contributed by atoms with Gasteiger partial charge in [0, 0.05) is 55.8 Å². The zero-order chi connectivity index (χ0) is 10.9. The van der Waals surface area contributed by atoms with Gasteiger partial charge in [0.15, 0.2) is 12.2 Å². The van der Waals surface area contributed by atoms with Crippen LogP contribution in [0.15, 0.2) is 0 Å². The van der Waals surface area contributed by atoms with E-state index in [2.05, 4.69) is 0 Å². The molecule has 95 valence electrons. The van der Waals surface area contributed by atoms with Gasteiger partial charge in [-0.1, -0.05) is 0 Å². The van der Waals surface area contributed by atoms with Crippen LogP contribution in [0.4, 0.5) is 26.3 Å². The molecule has 0 fully saturated rings. The van der Waals surface area contributed by atoms with Crippen molar-refractivity contribution in [2.75, 3.05) is 0 Å². The van der Waals surface area contributed by atoms with Crippen LogP contribution in [0, 0.1) is 49.4 Å². The summed E-state index contributed by atoms with van der Waals surface area (Å²) in [5.74, 6) is 0. The molecule has 3 nitrogen and oxygen atoms in total. The third-order valence-electron chi connectivity index (χ3n) is 1.20. The normalized spacial score (nSPS) is 16.0. The largest absolute Gasteiger partial charge is 0.457 e. The number of hydrogen-bond donors (Lipinski definition) is 2. The molecule has 15 heavy (non-hydrogen) atoms. The first-order valence-corrected chi connectivity index (χ1v) is 3.04. The van der Waals surface area contributed by atoms with Gasteiger partial charge >= 0.3 is 12.4 Å². The van der Waals surface area contributed by atoms with Crippen LogP contribution in [0.3, 0.4) is 0 Å². The number of alkyl halides is 6. The van der Waals surface area contributed by atoms with E-state index in [1.807, 2.05) is 0 Å². The summed E-state index contributed by atoms with van der Waals surface area (Å²) >= 11 is 0. The summed E-state index contributed by atoms with van der Waals surface area (Å²) in [6.45, 7) is 0. The Bertz CT molecular complexity index is 151. The molecule has 0 aromatic carbocycles. The van der Waals surface area contributed by atoms with E-state index in [0.29, 0.717) is 0 Å². The van der Waals surface area contributed by atoms with Gasteiger partial charge in [0.05, 0.1) is 0 Å². The third-order valence-corrected chi connectivity index (χ3v) is 1.20. The molecule has 0 saturated heterocycles. The van der Waals surface area contributed by atoms with Crippen molar-refractivity contribution in [2.24, 2.45) is 0 Å². The Morgan fingerprint density at radius 1 is 0.800 bits per heavy atom. The van der Waals surface area contributed by atoms with Crippen molar-refractivity contribution in [1.82, 2.24) is 0 Å². The van der Waals surface area contributed by atoms with Crippen LogP contribution in [0.1, 0.15) is 6.42 Å². The molecular weight excluding hydrogens is 374 g/mol. The molecule has 0 bridgehead atoms. The number of halogens is 6. The Kier molecular flexibility index (Phi) is 10.5. The fourth-order valence-electron chi connectivity index (χ4n) is 0.479. The number of rotatable bonds is 2. The van der Waals surface area contributed by atoms with Crippen LogP contribution >= 0.6 is 0 Å². The monoisotopic (exact) mass is 384 g/mol. The maximum Gasteiger partial charge on any atom is 0.414 e. The molecule has 0 aromatic heterocycles. The molecule has 0 spiro atoms. The van der Waals surface area contributed by atoms with Crippen molar-refractivity contribution in [3.63, 3.8) is 0 Å². The quantitative estimate of drug-likeness (QED) is 0.532. The molecule has 0 heterocycles. The number of aliphatic hydroxyl groups excluding tert-OH is 2. The first-order chi connectivity index (χ1) is 5.55. The first kappa shape index (κ1) is 21.3. The predicted molar refractivity (Wildman–Crippen MR) is 33.6 cm³/mol. The molecule has 5 N–H and O–H groups in total. The van der Waals surface area contributed by atoms with E-state index >= 15 is 0 Å². The Balaban J connectivity index is -0.000000720. The van der Waals surface area contributed by atoms with Gasteiger partial charge < -0.3 is 15.7 Å². The SMILES string of the molecule is OC(CC(O)C(F)(F)F)C(F)(F)F.[Eu].[OH3+]. The molecule has 0 aliphatic carbocycles. The van der Waals surface area contributed by atoms with E-state index in [9.17, 15) is 26.3 Å². The summed E-state index contributed by atoms with van der Waals surface area (Å²) in [6, 6.07) is 0. The summed E-state index contributed by atoms with van der Waals surface area (Å²) in [7, 11) is 0. The maximum atomic E-state index is 11.5. The van der Waals surface area contributed by atoms with E-state index in [0.717, 1.165) is 0 Å². The van der Waals surface area contributed by atoms with Crippen LogP contribution < -0.4 is 0 Å². The second kappa shape index (κ2) is 7.39. The molecule has 2 atom stereocenters. The maximum absolute atomic E-state index is 11.5. The minimum Gasteiger partial charge on any atom is -0.457 e. The first-order valence-electron chi connectivity index (χ1n) is 3.04. The van der Waals surface area contributed by atoms with Gasteiger partial charge in [-0.25, -0.2) is 0 Å². The molecule has 0 aromatic rings. The molecule has 0 rings (SSSR count). The number of hydrogen-bond acceptors (Lipinski definition) is 2. The van der Waals surface area contributed by atoms with Crippen molar-refractivity contribution >= 4 is 0 Å². The fourth-order valence-corrected chi connectivity index (χ4v) is 0.479. The van der Waals surface area contributed by atoms with Crippen molar-refractivity contribution < 1.29 is 91.4 Å². The summed E-state index contributed by atoms with van der Waals surface area (Å²) in [5, 5.41) is 16.3. The molecule has 0 saturated carbocycles. The zero-order valence-corrected chi connectivity index (χ0v) is 9.40. The Morgan fingerprint density at radius 2 is 1.00 bits per heavy atom. The summed E-state index contributed by atoms with van der Waals surface area (Å²) in [6.07, 6.45) is -18.4. The molecule has 2 unspecified atom stereocenters. The average Bonchev–Trinajstić information content (AvgIpc) is 1.82. The smallest absolute Gasteiger partial charge is 0.414 e. The molecule has 1 radical (unpaired) electrons. The van der Waals surface area contributed by atoms with Crippen LogP contribution in [0.5, 0.6) is 0 Å². The van der Waals surface area contributed by atoms with E-state index in [1.165, 1.54) is 0 Å². The van der Waals surface area contributed by atoms with Crippen LogP contribution in [0.25, 0.3) is 0 Å². The van der Waals surface area contributed by atoms with E-state index in [4.69, 9.17) is 10.2 Å². The van der Waals surface area contributed by atoms with Gasteiger partial charge in [-0.2, -0.15) is 26.3 Å². The Labute approximate surface area is 121 Å². The molecule has 0 amide bonds. The number of aliphatic hydroxyl groups is 2. The van der Waals surface area contributed by atoms with Crippen molar-refractivity contribution in [3.8, 4) is 0 Å². The van der Waals surface area contributed by atoms with Crippen LogP contribution in [0.2, 0.25) is 0 Å². The standard InChI is InChI=1S/C5H6F6O2.Eu.H2O/c6-4(7,8)2(12)1-3(13)5(9,10)11;;/h2-3,12-13H,1H2;;1H2/p+1. The second-order valence-corrected chi connectivity index (χ2v) is 2.35. The topological polar surface area (TPSA) is 73.5 Å². The molecule has 0 aliphatic rings. The minimum absolute atomic E-state index is 0. The van der Waals surface area contributed by atoms with Gasteiger partial charge in [0.1, 0.15) is 0 Å². The molecule has 0 aliphatic heterocycles. The van der Waals surface area contributed by atoms with E-state index in [-0.39, 0.29) is 54.9 Å². The zero-order valence-electron chi connectivity index (χ0n) is 6.98. The average molecular weight is 383 g/mol. The summed E-state index contributed by atoms with van der Waals surface area (Å²) in [5.41, 5.74) is 0. The van der Waals surface area contributed by atoms with Crippen molar-refractivity contribution in [1.29, 1.82) is 0 Å². The molecular formula is C5H9EuF6O3+. The van der Waals surface area contributed by atoms with Gasteiger partial charge in [-0.3, -0.25) is 0 Å². The van der Waals surface area contributed by atoms with Crippen LogP contribution in [-0.4, -0.2) is 34.8 Å². The van der Waals surface area contributed by atoms with Crippen LogP contribution in [-0.2, 0) is 5.48 Å². The minimum atomic E-state index is -5.15. The van der Waals surface area contributed by atoms with Gasteiger partial charge in [0.25, 0.3) is 0 Å². The summed E-state index contributed by atoms with van der Waals surface area (Å²) in [4.78, 5) is 0. The van der Waals surface area contributed by atoms with Gasteiger partial charge in [0.2, 0.25) is 0 Å². The predicted octanol–water partition coefficient (Wildman–Crippen LogP) is 0.301. The Hall–Kier alpha value is 1.04. The Morgan fingerprint density at radius 3 is 1.13 bits per heavy atom. The fraction of sp³-hybridized carbons (Fsp3) is 1.00. The molecule has 10 heteroatoms. The van der Waals surface area contributed by atoms with E-state index < -0.39 is 31.0 Å². The summed E-state index contributed by atoms with van der Waals surface area (Å²) < 4.78 is 68.8. The van der Waals surface area contributed by atoms with E-state index in [1.54, 1.807) is 0 Å².